The van der Waals surface area contributed by atoms with Crippen molar-refractivity contribution in [2.75, 3.05) is 0 Å². The maximum atomic E-state index is 5.89. The van der Waals surface area contributed by atoms with Crippen LogP contribution in [0, 0.1) is 0 Å². The van der Waals surface area contributed by atoms with Crippen molar-refractivity contribution < 1.29 is 0 Å². The summed E-state index contributed by atoms with van der Waals surface area (Å²) in [7, 11) is 0. The van der Waals surface area contributed by atoms with Gasteiger partial charge in [-0.05, 0) is 25.7 Å². The molecule has 1 saturated carbocycles. The quantitative estimate of drug-likeness (QED) is 0.477. The van der Waals surface area contributed by atoms with Gasteiger partial charge in [0.05, 0.1) is 5.70 Å². The molecule has 0 amide bonds. The van der Waals surface area contributed by atoms with Crippen LogP contribution in [-0.2, 0) is 0 Å². The van der Waals surface area contributed by atoms with Gasteiger partial charge in [-0.2, -0.15) is 0 Å². The molecule has 0 saturated heterocycles. The average Bonchev–Trinajstić information content (AvgIpc) is 2.43. The lowest BCUT2D eigenvalue weighted by Crippen LogP contribution is -2.35. The third-order valence-corrected chi connectivity index (χ3v) is 3.48. The van der Waals surface area contributed by atoms with Crippen LogP contribution in [0.1, 0.15) is 31.2 Å². The molecule has 0 spiro atoms. The molecule has 0 unspecified atom stereocenters. The van der Waals surface area contributed by atoms with Crippen LogP contribution in [0.5, 0.6) is 0 Å². The van der Waals surface area contributed by atoms with Gasteiger partial charge in [-0.25, -0.2) is 0 Å². The number of hydrazine groups is 1. The first kappa shape index (κ1) is 12.9. The van der Waals surface area contributed by atoms with Crippen molar-refractivity contribution >= 4 is 5.70 Å². The number of hydrogen-bond acceptors (Lipinski definition) is 4. The zero-order valence-electron chi connectivity index (χ0n) is 10.6. The molecule has 0 heterocycles. The van der Waals surface area contributed by atoms with Crippen LogP contribution in [0.15, 0.2) is 36.5 Å². The van der Waals surface area contributed by atoms with Crippen LogP contribution in [-0.4, -0.2) is 12.1 Å². The first-order valence-corrected chi connectivity index (χ1v) is 6.53. The van der Waals surface area contributed by atoms with Gasteiger partial charge in [0.25, 0.3) is 0 Å². The Kier molecular flexibility index (Phi) is 4.61. The molecule has 4 heteroatoms. The van der Waals surface area contributed by atoms with Gasteiger partial charge in [0, 0.05) is 23.8 Å². The van der Waals surface area contributed by atoms with E-state index >= 15 is 0 Å². The van der Waals surface area contributed by atoms with Crippen LogP contribution in [0.25, 0.3) is 5.70 Å². The molecular weight excluding hydrogens is 224 g/mol. The van der Waals surface area contributed by atoms with Crippen LogP contribution in [0.3, 0.4) is 0 Å². The monoisotopic (exact) mass is 246 g/mol. The summed E-state index contributed by atoms with van der Waals surface area (Å²) in [5, 5.41) is 3.43. The van der Waals surface area contributed by atoms with E-state index in [2.05, 4.69) is 10.7 Å². The molecule has 0 atom stereocenters. The van der Waals surface area contributed by atoms with Crippen molar-refractivity contribution in [3.8, 4) is 0 Å². The van der Waals surface area contributed by atoms with Gasteiger partial charge < -0.3 is 16.5 Å². The Hall–Kier alpha value is -1.52. The normalized spacial score (nSPS) is 24.7. The second-order valence-corrected chi connectivity index (χ2v) is 4.85. The van der Waals surface area contributed by atoms with Gasteiger partial charge in [0.15, 0.2) is 0 Å². The Morgan fingerprint density at radius 2 is 1.78 bits per heavy atom. The summed E-state index contributed by atoms with van der Waals surface area (Å²) in [6.45, 7) is 0. The Morgan fingerprint density at radius 1 is 1.11 bits per heavy atom. The van der Waals surface area contributed by atoms with Crippen LogP contribution in [0.2, 0.25) is 0 Å². The van der Waals surface area contributed by atoms with Gasteiger partial charge in [-0.15, -0.1) is 0 Å². The Morgan fingerprint density at radius 3 is 2.39 bits per heavy atom. The number of nitrogens with one attached hydrogen (secondary N) is 2. The van der Waals surface area contributed by atoms with Gasteiger partial charge in [0.2, 0.25) is 0 Å². The molecule has 98 valence electrons. The predicted molar refractivity (Wildman–Crippen MR) is 75.1 cm³/mol. The van der Waals surface area contributed by atoms with Crippen molar-refractivity contribution in [2.24, 2.45) is 11.6 Å². The largest absolute Gasteiger partial charge is 0.386 e. The molecule has 6 N–H and O–H groups in total. The van der Waals surface area contributed by atoms with Crippen molar-refractivity contribution in [2.45, 2.75) is 37.8 Å². The van der Waals surface area contributed by atoms with Crippen molar-refractivity contribution in [3.63, 3.8) is 0 Å². The summed E-state index contributed by atoms with van der Waals surface area (Å²) in [5.41, 5.74) is 10.6. The fourth-order valence-electron chi connectivity index (χ4n) is 2.31. The Balaban J connectivity index is 1.94. The topological polar surface area (TPSA) is 76.1 Å². The molecule has 0 aromatic heterocycles. The fraction of sp³-hybridized carbons (Fsp3) is 0.429. The number of nitrogens with two attached hydrogens (primary N) is 2. The first-order valence-electron chi connectivity index (χ1n) is 6.53. The molecule has 0 aliphatic heterocycles. The average molecular weight is 246 g/mol. The Labute approximate surface area is 108 Å². The van der Waals surface area contributed by atoms with Crippen LogP contribution >= 0.6 is 0 Å². The smallest absolute Gasteiger partial charge is 0.0715 e. The standard InChI is InChI=1S/C14H22N4/c15-12-6-8-13(9-7-12)17-10-14(18-16)11-4-2-1-3-5-11/h1-5,10,12-13,17-18H,6-9,15-16H2/b14-10-. The van der Waals surface area contributed by atoms with E-state index in [4.69, 9.17) is 11.6 Å². The minimum Gasteiger partial charge on any atom is -0.386 e. The van der Waals surface area contributed by atoms with Gasteiger partial charge in [0.1, 0.15) is 0 Å². The van der Waals surface area contributed by atoms with Crippen molar-refractivity contribution in [1.82, 2.24) is 10.7 Å². The summed E-state index contributed by atoms with van der Waals surface area (Å²) in [6, 6.07) is 11.0. The summed E-state index contributed by atoms with van der Waals surface area (Å²) < 4.78 is 0. The second-order valence-electron chi connectivity index (χ2n) is 4.85. The molecular formula is C14H22N4. The second kappa shape index (κ2) is 6.42. The number of hydrogen-bond donors (Lipinski definition) is 4. The zero-order chi connectivity index (χ0) is 12.8. The van der Waals surface area contributed by atoms with E-state index in [1.165, 1.54) is 0 Å². The fourth-order valence-corrected chi connectivity index (χ4v) is 2.31. The summed E-state index contributed by atoms with van der Waals surface area (Å²) in [4.78, 5) is 0. The van der Waals surface area contributed by atoms with E-state index in [0.29, 0.717) is 12.1 Å². The highest BCUT2D eigenvalue weighted by molar-refractivity contribution is 5.62. The molecule has 0 bridgehead atoms. The predicted octanol–water partition coefficient (Wildman–Crippen LogP) is 1.31. The first-order chi connectivity index (χ1) is 8.79. The molecule has 18 heavy (non-hydrogen) atoms. The lowest BCUT2D eigenvalue weighted by atomic mass is 9.92. The maximum absolute atomic E-state index is 5.89. The SMILES string of the molecule is NN/C(=C\NC1CCC(N)CC1)c1ccccc1. The highest BCUT2D eigenvalue weighted by Gasteiger charge is 2.17. The van der Waals surface area contributed by atoms with E-state index < -0.39 is 0 Å². The molecule has 4 nitrogen and oxygen atoms in total. The van der Waals surface area contributed by atoms with Crippen molar-refractivity contribution in [1.29, 1.82) is 0 Å². The molecule has 1 aromatic rings. The number of rotatable bonds is 4. The third kappa shape index (κ3) is 3.48. The van der Waals surface area contributed by atoms with Crippen molar-refractivity contribution in [3.05, 3.63) is 42.1 Å². The lowest BCUT2D eigenvalue weighted by Gasteiger charge is -2.26. The summed E-state index contributed by atoms with van der Waals surface area (Å²) in [6.07, 6.45) is 6.43. The van der Waals surface area contributed by atoms with Gasteiger partial charge in [-0.1, -0.05) is 30.3 Å². The van der Waals surface area contributed by atoms with Crippen LogP contribution in [0.4, 0.5) is 0 Å². The molecule has 2 rings (SSSR count). The van der Waals surface area contributed by atoms with E-state index in [1.807, 2.05) is 36.5 Å². The van der Waals surface area contributed by atoms with E-state index in [9.17, 15) is 0 Å². The minimum atomic E-state index is 0.383. The highest BCUT2D eigenvalue weighted by Crippen LogP contribution is 2.17. The molecule has 1 aromatic carbocycles. The minimum absolute atomic E-state index is 0.383. The third-order valence-electron chi connectivity index (χ3n) is 3.48. The zero-order valence-corrected chi connectivity index (χ0v) is 10.6. The molecule has 0 radical (unpaired) electrons. The summed E-state index contributed by atoms with van der Waals surface area (Å²) >= 11 is 0. The molecule has 1 aliphatic carbocycles. The summed E-state index contributed by atoms with van der Waals surface area (Å²) in [5.74, 6) is 5.56. The lowest BCUT2D eigenvalue weighted by molar-refractivity contribution is 0.366. The van der Waals surface area contributed by atoms with Gasteiger partial charge >= 0.3 is 0 Å². The molecule has 1 aliphatic rings. The van der Waals surface area contributed by atoms with E-state index in [-0.39, 0.29) is 0 Å². The van der Waals surface area contributed by atoms with E-state index in [1.54, 1.807) is 0 Å². The maximum Gasteiger partial charge on any atom is 0.0715 e. The molecule has 1 fully saturated rings. The number of benzene rings is 1. The van der Waals surface area contributed by atoms with Crippen LogP contribution < -0.4 is 22.3 Å². The van der Waals surface area contributed by atoms with Gasteiger partial charge in [-0.3, -0.25) is 5.84 Å². The Bertz CT molecular complexity index is 380. The highest BCUT2D eigenvalue weighted by atomic mass is 15.2. The van der Waals surface area contributed by atoms with E-state index in [0.717, 1.165) is 36.9 Å².